The Balaban J connectivity index is 1.56. The zero-order valence-corrected chi connectivity index (χ0v) is 13.8. The summed E-state index contributed by atoms with van der Waals surface area (Å²) in [5.74, 6) is 0.0810. The number of hydrogen-bond acceptors (Lipinski definition) is 5. The van der Waals surface area contributed by atoms with Crippen molar-refractivity contribution in [3.63, 3.8) is 0 Å². The predicted octanol–water partition coefficient (Wildman–Crippen LogP) is 3.03. The van der Waals surface area contributed by atoms with E-state index in [2.05, 4.69) is 11.1 Å². The van der Waals surface area contributed by atoms with Crippen LogP contribution in [0, 0.1) is 0 Å². The maximum atomic E-state index is 12.8. The smallest absolute Gasteiger partial charge is 0.264 e. The van der Waals surface area contributed by atoms with Crippen molar-refractivity contribution in [2.24, 2.45) is 0 Å². The number of amides is 1. The Morgan fingerprint density at radius 1 is 1.41 bits per heavy atom. The van der Waals surface area contributed by atoms with E-state index in [1.807, 2.05) is 10.3 Å². The lowest BCUT2D eigenvalue weighted by molar-refractivity contribution is 0.0490. The Labute approximate surface area is 137 Å². The van der Waals surface area contributed by atoms with Gasteiger partial charge < -0.3 is 10.0 Å². The summed E-state index contributed by atoms with van der Waals surface area (Å²) < 4.78 is 0. The molecule has 0 unspecified atom stereocenters. The summed E-state index contributed by atoms with van der Waals surface area (Å²) in [4.78, 5) is 21.1. The third-order valence-corrected chi connectivity index (χ3v) is 6.66. The Kier molecular flexibility index (Phi) is 3.76. The normalized spacial score (nSPS) is 22.0. The molecule has 0 aromatic carbocycles. The number of aliphatic hydroxyl groups excluding tert-OH is 1. The summed E-state index contributed by atoms with van der Waals surface area (Å²) >= 11 is 3.09. The van der Waals surface area contributed by atoms with Crippen molar-refractivity contribution < 1.29 is 9.90 Å². The molecule has 2 aromatic rings. The molecule has 0 bridgehead atoms. The molecule has 1 fully saturated rings. The molecule has 0 radical (unpaired) electrons. The van der Waals surface area contributed by atoms with Crippen LogP contribution in [-0.2, 0) is 12.8 Å². The highest BCUT2D eigenvalue weighted by molar-refractivity contribution is 7.14. The maximum absolute atomic E-state index is 12.8. The van der Waals surface area contributed by atoms with Gasteiger partial charge in [-0.3, -0.25) is 4.79 Å². The quantitative estimate of drug-likeness (QED) is 0.939. The second-order valence-electron chi connectivity index (χ2n) is 5.94. The van der Waals surface area contributed by atoms with Crippen LogP contribution in [-0.4, -0.2) is 33.5 Å². The van der Waals surface area contributed by atoms with Crippen LogP contribution in [0.1, 0.15) is 50.5 Å². The van der Waals surface area contributed by atoms with Crippen molar-refractivity contribution in [1.82, 2.24) is 9.88 Å². The van der Waals surface area contributed by atoms with E-state index >= 15 is 0 Å². The number of carbonyl (C=O) groups is 1. The van der Waals surface area contributed by atoms with Gasteiger partial charge in [0.15, 0.2) is 0 Å². The highest BCUT2D eigenvalue weighted by Gasteiger charge is 2.37. The zero-order chi connectivity index (χ0) is 15.1. The van der Waals surface area contributed by atoms with Crippen LogP contribution in [0.15, 0.2) is 17.6 Å². The number of aromatic nitrogens is 1. The van der Waals surface area contributed by atoms with E-state index in [1.54, 1.807) is 17.5 Å². The Morgan fingerprint density at radius 2 is 2.32 bits per heavy atom. The number of aliphatic hydroxyl groups is 1. The van der Waals surface area contributed by atoms with Gasteiger partial charge in [0.1, 0.15) is 11.1 Å². The Bertz CT molecular complexity index is 659. The molecule has 2 aliphatic rings. The highest BCUT2D eigenvalue weighted by Crippen LogP contribution is 2.35. The lowest BCUT2D eigenvalue weighted by Crippen LogP contribution is -2.38. The van der Waals surface area contributed by atoms with Crippen LogP contribution >= 0.6 is 22.7 Å². The minimum Gasteiger partial charge on any atom is -0.384 e. The third-order valence-electron chi connectivity index (χ3n) is 4.59. The first kappa shape index (κ1) is 14.4. The summed E-state index contributed by atoms with van der Waals surface area (Å²) in [7, 11) is 0. The first-order valence-electron chi connectivity index (χ1n) is 7.74. The van der Waals surface area contributed by atoms with Gasteiger partial charge in [0.05, 0.1) is 10.9 Å². The maximum Gasteiger partial charge on any atom is 0.264 e. The molecule has 3 heterocycles. The number of carbonyl (C=O) groups excluding carboxylic acids is 1. The van der Waals surface area contributed by atoms with Gasteiger partial charge in [0.25, 0.3) is 5.91 Å². The zero-order valence-electron chi connectivity index (χ0n) is 12.2. The van der Waals surface area contributed by atoms with Crippen molar-refractivity contribution in [3.05, 3.63) is 38.0 Å². The van der Waals surface area contributed by atoms with Gasteiger partial charge in [-0.15, -0.1) is 22.7 Å². The minimum absolute atomic E-state index is 0.0810. The minimum atomic E-state index is -0.668. The molecule has 0 spiro atoms. The van der Waals surface area contributed by atoms with E-state index in [0.717, 1.165) is 37.1 Å². The molecule has 116 valence electrons. The lowest BCUT2D eigenvalue weighted by atomic mass is 10.1. The number of likely N-dealkylation sites (tertiary alicyclic amines) is 1. The molecule has 22 heavy (non-hydrogen) atoms. The molecule has 4 nitrogen and oxygen atoms in total. The number of thiophene rings is 1. The topological polar surface area (TPSA) is 53.4 Å². The Hall–Kier alpha value is -1.24. The molecule has 1 aliphatic carbocycles. The monoisotopic (exact) mass is 334 g/mol. The van der Waals surface area contributed by atoms with Crippen LogP contribution in [0.2, 0.25) is 0 Å². The highest BCUT2D eigenvalue weighted by atomic mass is 32.1. The summed E-state index contributed by atoms with van der Waals surface area (Å²) in [5, 5.41) is 13.1. The van der Waals surface area contributed by atoms with Crippen molar-refractivity contribution in [3.8, 4) is 0 Å². The summed E-state index contributed by atoms with van der Waals surface area (Å²) in [6.07, 6.45) is 6.25. The van der Waals surface area contributed by atoms with Gasteiger partial charge in [-0.2, -0.15) is 0 Å². The number of hydrogen-bond donors (Lipinski definition) is 1. The van der Waals surface area contributed by atoms with Gasteiger partial charge in [-0.05, 0) is 43.7 Å². The van der Waals surface area contributed by atoms with E-state index < -0.39 is 6.10 Å². The number of thiazole rings is 1. The molecule has 2 atom stereocenters. The van der Waals surface area contributed by atoms with E-state index in [-0.39, 0.29) is 11.9 Å². The SMILES string of the molecule is O=C(c1cc2c(s1)CCC2)N1CCC[C@H]1[C@H](O)c1nccs1. The second-order valence-corrected chi connectivity index (χ2v) is 8.00. The van der Waals surface area contributed by atoms with Gasteiger partial charge in [0, 0.05) is 23.0 Å². The fourth-order valence-electron chi connectivity index (χ4n) is 3.49. The number of fused-ring (bicyclic) bond motifs is 1. The molecule has 0 saturated carbocycles. The molecule has 4 rings (SSSR count). The molecule has 2 aromatic heterocycles. The van der Waals surface area contributed by atoms with Crippen LogP contribution in [0.5, 0.6) is 0 Å². The molecule has 1 saturated heterocycles. The fraction of sp³-hybridized carbons (Fsp3) is 0.500. The van der Waals surface area contributed by atoms with Crippen LogP contribution in [0.4, 0.5) is 0 Å². The van der Waals surface area contributed by atoms with Crippen molar-refractivity contribution >= 4 is 28.6 Å². The van der Waals surface area contributed by atoms with Gasteiger partial charge in [-0.1, -0.05) is 0 Å². The predicted molar refractivity (Wildman–Crippen MR) is 87.5 cm³/mol. The lowest BCUT2D eigenvalue weighted by Gasteiger charge is -2.27. The summed E-state index contributed by atoms with van der Waals surface area (Å²) in [6.45, 7) is 0.731. The molecule has 1 N–H and O–H groups in total. The average molecular weight is 334 g/mol. The van der Waals surface area contributed by atoms with Crippen LogP contribution < -0.4 is 0 Å². The summed E-state index contributed by atoms with van der Waals surface area (Å²) in [6, 6.07) is 1.93. The van der Waals surface area contributed by atoms with Crippen LogP contribution in [0.25, 0.3) is 0 Å². The van der Waals surface area contributed by atoms with Crippen molar-refractivity contribution in [2.45, 2.75) is 44.2 Å². The standard InChI is InChI=1S/C16H18N2O2S2/c19-14(15-17-6-8-21-15)11-4-2-7-18(11)16(20)13-9-10-3-1-5-12(10)22-13/h6,8-9,11,14,19H,1-5,7H2/t11-,14-/m0/s1. The largest absolute Gasteiger partial charge is 0.384 e. The van der Waals surface area contributed by atoms with Crippen LogP contribution in [0.3, 0.4) is 0 Å². The average Bonchev–Trinajstić information content (AvgIpc) is 3.28. The van der Waals surface area contributed by atoms with Gasteiger partial charge in [-0.25, -0.2) is 4.98 Å². The first-order valence-corrected chi connectivity index (χ1v) is 9.43. The fourth-order valence-corrected chi connectivity index (χ4v) is 5.38. The van der Waals surface area contributed by atoms with Gasteiger partial charge in [0.2, 0.25) is 0 Å². The summed E-state index contributed by atoms with van der Waals surface area (Å²) in [5.41, 5.74) is 1.35. The molecular weight excluding hydrogens is 316 g/mol. The molecule has 1 amide bonds. The first-order chi connectivity index (χ1) is 10.7. The van der Waals surface area contributed by atoms with E-state index in [1.165, 1.54) is 28.2 Å². The number of nitrogens with zero attached hydrogens (tertiary/aromatic N) is 2. The van der Waals surface area contributed by atoms with E-state index in [4.69, 9.17) is 0 Å². The van der Waals surface area contributed by atoms with E-state index in [0.29, 0.717) is 5.01 Å². The van der Waals surface area contributed by atoms with Crippen molar-refractivity contribution in [1.29, 1.82) is 0 Å². The number of rotatable bonds is 3. The second kappa shape index (κ2) is 5.76. The third kappa shape index (κ3) is 2.39. The van der Waals surface area contributed by atoms with Gasteiger partial charge >= 0.3 is 0 Å². The molecule has 1 aliphatic heterocycles. The molecular formula is C16H18N2O2S2. The van der Waals surface area contributed by atoms with Crippen molar-refractivity contribution in [2.75, 3.05) is 6.54 Å². The van der Waals surface area contributed by atoms with E-state index in [9.17, 15) is 9.90 Å². The Morgan fingerprint density at radius 3 is 3.09 bits per heavy atom. The molecule has 6 heteroatoms. The number of aryl methyl sites for hydroxylation is 2.